The Morgan fingerprint density at radius 1 is 1.20 bits per heavy atom. The standard InChI is InChI=1S/C35H35FN6O2/c1-3-32(43)42-13-12-41(19-23(42)9-10-37)34-28-16-30(36)27(25-8-4-6-21-14-22-15-26(22)33(21)25)17-31(28)39-35(29(34)18-38)44-20-24-7-5-11-40(24)2/h3-4,6,8,16-17,22-24,26H,1,5,7,9,11-15,19-20H2,2H3/t22?,23-,24-,26?/m0/s1. The summed E-state index contributed by atoms with van der Waals surface area (Å²) in [4.78, 5) is 23.3. The number of carbonyl (C=O) groups excluding carboxylic acids is 1. The van der Waals surface area contributed by atoms with Gasteiger partial charge in [0, 0.05) is 36.6 Å². The number of nitriles is 2. The summed E-state index contributed by atoms with van der Waals surface area (Å²) < 4.78 is 22.6. The smallest absolute Gasteiger partial charge is 0.246 e. The lowest BCUT2D eigenvalue weighted by molar-refractivity contribution is -0.128. The first-order valence-electron chi connectivity index (χ1n) is 15.5. The first kappa shape index (κ1) is 28.3. The molecule has 1 aromatic heterocycles. The third-order valence-corrected chi connectivity index (χ3v) is 10.1. The van der Waals surface area contributed by atoms with Crippen LogP contribution in [-0.4, -0.2) is 72.6 Å². The molecule has 2 aromatic carbocycles. The lowest BCUT2D eigenvalue weighted by Crippen LogP contribution is -2.55. The Kier molecular flexibility index (Phi) is 7.22. The van der Waals surface area contributed by atoms with Crippen LogP contribution in [0, 0.1) is 34.4 Å². The molecule has 2 aliphatic carbocycles. The number of pyridine rings is 1. The average molecular weight is 591 g/mol. The van der Waals surface area contributed by atoms with E-state index in [1.165, 1.54) is 23.3 Å². The van der Waals surface area contributed by atoms with Gasteiger partial charge in [-0.1, -0.05) is 24.8 Å². The lowest BCUT2D eigenvalue weighted by atomic mass is 9.92. The number of hydrogen-bond acceptors (Lipinski definition) is 7. The summed E-state index contributed by atoms with van der Waals surface area (Å²) in [6.45, 7) is 6.06. The van der Waals surface area contributed by atoms with E-state index in [0.29, 0.717) is 60.2 Å². The third kappa shape index (κ3) is 4.76. The van der Waals surface area contributed by atoms with E-state index in [1.54, 1.807) is 11.0 Å². The number of carbonyl (C=O) groups is 1. The summed E-state index contributed by atoms with van der Waals surface area (Å²) in [5.74, 6) is 0.791. The van der Waals surface area contributed by atoms with E-state index >= 15 is 4.39 Å². The van der Waals surface area contributed by atoms with E-state index in [1.807, 2.05) is 17.0 Å². The number of nitrogens with zero attached hydrogens (tertiary/aromatic N) is 6. The number of piperazine rings is 1. The van der Waals surface area contributed by atoms with Crippen LogP contribution in [0.4, 0.5) is 10.1 Å². The molecule has 0 N–H and O–H groups in total. The van der Waals surface area contributed by atoms with Crippen molar-refractivity contribution in [3.05, 3.63) is 65.5 Å². The first-order valence-corrected chi connectivity index (χ1v) is 15.5. The van der Waals surface area contributed by atoms with Crippen LogP contribution in [0.25, 0.3) is 22.0 Å². The zero-order valence-corrected chi connectivity index (χ0v) is 24.9. The van der Waals surface area contributed by atoms with Crippen LogP contribution in [0.2, 0.25) is 0 Å². The molecule has 0 spiro atoms. The van der Waals surface area contributed by atoms with Gasteiger partial charge < -0.3 is 19.4 Å². The maximum absolute atomic E-state index is 16.2. The number of anilines is 1. The second kappa shape index (κ2) is 11.2. The van der Waals surface area contributed by atoms with Crippen molar-refractivity contribution in [1.29, 1.82) is 10.5 Å². The monoisotopic (exact) mass is 590 g/mol. The Morgan fingerprint density at radius 3 is 2.82 bits per heavy atom. The van der Waals surface area contributed by atoms with Crippen molar-refractivity contribution in [2.45, 2.75) is 50.1 Å². The van der Waals surface area contributed by atoms with Gasteiger partial charge in [0.1, 0.15) is 24.1 Å². The third-order valence-electron chi connectivity index (χ3n) is 10.1. The van der Waals surface area contributed by atoms with Crippen molar-refractivity contribution in [2.24, 2.45) is 5.92 Å². The van der Waals surface area contributed by atoms with E-state index in [2.05, 4.69) is 36.7 Å². The highest BCUT2D eigenvalue weighted by molar-refractivity contribution is 5.99. The van der Waals surface area contributed by atoms with Crippen LogP contribution >= 0.6 is 0 Å². The highest BCUT2D eigenvalue weighted by Gasteiger charge is 2.46. The maximum atomic E-state index is 16.2. The predicted octanol–water partition coefficient (Wildman–Crippen LogP) is 5.16. The number of hydrogen-bond donors (Lipinski definition) is 0. The molecule has 9 heteroatoms. The van der Waals surface area contributed by atoms with Gasteiger partial charge in [0.2, 0.25) is 11.8 Å². The fraction of sp³-hybridized carbons (Fsp3) is 0.429. The molecule has 2 aliphatic heterocycles. The summed E-state index contributed by atoms with van der Waals surface area (Å²) in [5.41, 5.74) is 5.31. The minimum absolute atomic E-state index is 0.123. The number of aromatic nitrogens is 1. The van der Waals surface area contributed by atoms with Gasteiger partial charge in [0.25, 0.3) is 0 Å². The molecule has 7 rings (SSSR count). The molecule has 3 fully saturated rings. The normalized spacial score (nSPS) is 24.0. The van der Waals surface area contributed by atoms with E-state index in [4.69, 9.17) is 9.72 Å². The largest absolute Gasteiger partial charge is 0.475 e. The molecule has 224 valence electrons. The fourth-order valence-electron chi connectivity index (χ4n) is 7.67. The van der Waals surface area contributed by atoms with Gasteiger partial charge in [-0.15, -0.1) is 0 Å². The maximum Gasteiger partial charge on any atom is 0.246 e. The number of amides is 1. The zero-order valence-electron chi connectivity index (χ0n) is 24.9. The van der Waals surface area contributed by atoms with E-state index in [9.17, 15) is 15.3 Å². The van der Waals surface area contributed by atoms with Crippen LogP contribution in [0.1, 0.15) is 48.3 Å². The van der Waals surface area contributed by atoms with E-state index in [-0.39, 0.29) is 35.6 Å². The van der Waals surface area contributed by atoms with E-state index < -0.39 is 6.04 Å². The highest BCUT2D eigenvalue weighted by Crippen LogP contribution is 2.59. The van der Waals surface area contributed by atoms with Crippen molar-refractivity contribution >= 4 is 22.5 Å². The number of benzene rings is 2. The molecule has 8 nitrogen and oxygen atoms in total. The number of likely N-dealkylation sites (tertiary alicyclic amines) is 1. The van der Waals surface area contributed by atoms with Crippen LogP contribution < -0.4 is 9.64 Å². The van der Waals surface area contributed by atoms with Gasteiger partial charge in [-0.3, -0.25) is 4.79 Å². The van der Waals surface area contributed by atoms with Gasteiger partial charge in [-0.25, -0.2) is 9.37 Å². The van der Waals surface area contributed by atoms with Gasteiger partial charge >= 0.3 is 0 Å². The van der Waals surface area contributed by atoms with Crippen LogP contribution in [-0.2, 0) is 11.2 Å². The Morgan fingerprint density at radius 2 is 2.07 bits per heavy atom. The Bertz CT molecular complexity index is 1760. The molecule has 2 unspecified atom stereocenters. The Labute approximate surface area is 256 Å². The zero-order chi connectivity index (χ0) is 30.5. The average Bonchev–Trinajstić information content (AvgIpc) is 3.51. The minimum Gasteiger partial charge on any atom is -0.475 e. The predicted molar refractivity (Wildman–Crippen MR) is 166 cm³/mol. The van der Waals surface area contributed by atoms with Gasteiger partial charge in [0.15, 0.2) is 0 Å². The van der Waals surface area contributed by atoms with Crippen molar-refractivity contribution in [3.8, 4) is 29.1 Å². The first-order chi connectivity index (χ1) is 21.4. The molecule has 0 radical (unpaired) electrons. The quantitative estimate of drug-likeness (QED) is 0.351. The van der Waals surface area contributed by atoms with Crippen LogP contribution in [0.3, 0.4) is 0 Å². The second-order valence-electron chi connectivity index (χ2n) is 12.6. The molecule has 4 atom stereocenters. The topological polar surface area (TPSA) is 96.5 Å². The molecule has 0 bridgehead atoms. The number of rotatable bonds is 7. The molecular formula is C35H35FN6O2. The molecule has 1 saturated carbocycles. The van der Waals surface area contributed by atoms with E-state index in [0.717, 1.165) is 37.8 Å². The highest BCUT2D eigenvalue weighted by atomic mass is 19.1. The van der Waals surface area contributed by atoms with Crippen molar-refractivity contribution in [1.82, 2.24) is 14.8 Å². The molecule has 4 aliphatic rings. The molecule has 3 heterocycles. The molecule has 3 aromatic rings. The number of halogens is 1. The molecule has 44 heavy (non-hydrogen) atoms. The lowest BCUT2D eigenvalue weighted by Gasteiger charge is -2.42. The summed E-state index contributed by atoms with van der Waals surface area (Å²) >= 11 is 0. The molecular weight excluding hydrogens is 555 g/mol. The Balaban J connectivity index is 1.35. The number of likely N-dealkylation sites (N-methyl/N-ethyl adjacent to an activating group) is 1. The summed E-state index contributed by atoms with van der Waals surface area (Å²) in [5, 5.41) is 20.6. The van der Waals surface area contributed by atoms with Crippen molar-refractivity contribution in [2.75, 3.05) is 44.7 Å². The number of ether oxygens (including phenoxy) is 1. The molecule has 1 amide bonds. The van der Waals surface area contributed by atoms with Gasteiger partial charge in [-0.05, 0) is 86.0 Å². The Hall–Kier alpha value is -4.47. The fourth-order valence-corrected chi connectivity index (χ4v) is 7.67. The second-order valence-corrected chi connectivity index (χ2v) is 12.6. The van der Waals surface area contributed by atoms with Crippen LogP contribution in [0.5, 0.6) is 5.88 Å². The van der Waals surface area contributed by atoms with Crippen molar-refractivity contribution in [3.63, 3.8) is 0 Å². The van der Waals surface area contributed by atoms with Crippen molar-refractivity contribution < 1.29 is 13.9 Å². The van der Waals surface area contributed by atoms with Gasteiger partial charge in [0.05, 0.1) is 29.7 Å². The summed E-state index contributed by atoms with van der Waals surface area (Å²) in [6, 6.07) is 13.8. The summed E-state index contributed by atoms with van der Waals surface area (Å²) in [6.07, 6.45) is 5.68. The molecule has 2 saturated heterocycles. The van der Waals surface area contributed by atoms with Crippen LogP contribution in [0.15, 0.2) is 43.0 Å². The summed E-state index contributed by atoms with van der Waals surface area (Å²) in [7, 11) is 2.07. The SMILES string of the molecule is C=CC(=O)N1CCN(c2c(C#N)c(OC[C@@H]3CCCN3C)nc3cc(-c4cccc5c4C4CC4C5)c(F)cc23)C[C@@H]1CC#N. The van der Waals surface area contributed by atoms with Gasteiger partial charge in [-0.2, -0.15) is 10.5 Å². The minimum atomic E-state index is -0.409. The number of fused-ring (bicyclic) bond motifs is 4.